The second kappa shape index (κ2) is 7.77. The van der Waals surface area contributed by atoms with Crippen molar-refractivity contribution in [1.82, 2.24) is 10.2 Å². The zero-order chi connectivity index (χ0) is 14.4. The van der Waals surface area contributed by atoms with Crippen LogP contribution in [0.1, 0.15) is 36.1 Å². The van der Waals surface area contributed by atoms with Gasteiger partial charge in [-0.3, -0.25) is 4.90 Å². The molecule has 1 heterocycles. The number of rotatable bonds is 5. The molecular weight excluding hydrogens is 248 g/mol. The van der Waals surface area contributed by atoms with E-state index in [2.05, 4.69) is 49.2 Å². The van der Waals surface area contributed by atoms with E-state index in [1.807, 2.05) is 0 Å². The smallest absolute Gasteiger partial charge is 0.0593 e. The molecule has 0 radical (unpaired) electrons. The second-order valence-electron chi connectivity index (χ2n) is 5.72. The molecule has 1 saturated heterocycles. The molecule has 1 fully saturated rings. The fourth-order valence-corrected chi connectivity index (χ4v) is 2.75. The normalized spacial score (nSPS) is 18.8. The van der Waals surface area contributed by atoms with Gasteiger partial charge in [0, 0.05) is 32.3 Å². The summed E-state index contributed by atoms with van der Waals surface area (Å²) in [6, 6.07) is 7.25. The summed E-state index contributed by atoms with van der Waals surface area (Å²) in [4.78, 5) is 2.52. The van der Waals surface area contributed by atoms with Crippen molar-refractivity contribution in [2.45, 2.75) is 33.2 Å². The minimum absolute atomic E-state index is 0.414. The van der Waals surface area contributed by atoms with Gasteiger partial charge in [0.2, 0.25) is 0 Å². The second-order valence-corrected chi connectivity index (χ2v) is 5.72. The van der Waals surface area contributed by atoms with Crippen molar-refractivity contribution < 1.29 is 4.74 Å². The predicted molar refractivity (Wildman–Crippen MR) is 84.2 cm³/mol. The first-order valence-electron chi connectivity index (χ1n) is 7.81. The number of ether oxygens (including phenoxy) is 1. The summed E-state index contributed by atoms with van der Waals surface area (Å²) in [5.74, 6) is 0. The monoisotopic (exact) mass is 276 g/mol. The molecule has 0 spiro atoms. The number of nitrogens with one attached hydrogen (secondary N) is 1. The zero-order valence-electron chi connectivity index (χ0n) is 13.1. The lowest BCUT2D eigenvalue weighted by Crippen LogP contribution is -2.36. The molecule has 1 unspecified atom stereocenters. The summed E-state index contributed by atoms with van der Waals surface area (Å²) in [6.07, 6.45) is 1.14. The highest BCUT2D eigenvalue weighted by Crippen LogP contribution is 2.19. The molecule has 0 saturated carbocycles. The van der Waals surface area contributed by atoms with Crippen LogP contribution in [0, 0.1) is 13.8 Å². The van der Waals surface area contributed by atoms with Gasteiger partial charge in [-0.1, -0.05) is 25.1 Å². The maximum absolute atomic E-state index is 5.54. The molecule has 1 N–H and O–H groups in total. The van der Waals surface area contributed by atoms with Crippen molar-refractivity contribution in [2.75, 3.05) is 39.4 Å². The molecule has 1 atom stereocenters. The molecule has 0 aliphatic carbocycles. The molecule has 0 aromatic heterocycles. The molecule has 0 bridgehead atoms. The van der Waals surface area contributed by atoms with Crippen molar-refractivity contribution in [1.29, 1.82) is 0 Å². The minimum atomic E-state index is 0.414. The van der Waals surface area contributed by atoms with Crippen LogP contribution in [0.15, 0.2) is 18.2 Å². The average molecular weight is 276 g/mol. The Morgan fingerprint density at radius 1 is 1.20 bits per heavy atom. The van der Waals surface area contributed by atoms with Crippen LogP contribution in [0.2, 0.25) is 0 Å². The van der Waals surface area contributed by atoms with E-state index in [9.17, 15) is 0 Å². The minimum Gasteiger partial charge on any atom is -0.380 e. The van der Waals surface area contributed by atoms with E-state index in [0.717, 1.165) is 45.8 Å². The lowest BCUT2D eigenvalue weighted by Gasteiger charge is -2.27. The number of likely N-dealkylation sites (N-methyl/N-ethyl adjacent to an activating group) is 1. The fourth-order valence-electron chi connectivity index (χ4n) is 2.75. The largest absolute Gasteiger partial charge is 0.380 e. The summed E-state index contributed by atoms with van der Waals surface area (Å²) in [5.41, 5.74) is 4.15. The Hall–Kier alpha value is -0.900. The Kier molecular flexibility index (Phi) is 6.02. The molecular formula is C17H28N2O. The van der Waals surface area contributed by atoms with Crippen LogP contribution in [0.5, 0.6) is 0 Å². The van der Waals surface area contributed by atoms with Crippen molar-refractivity contribution in [3.8, 4) is 0 Å². The third-order valence-corrected chi connectivity index (χ3v) is 4.14. The molecule has 1 aromatic rings. The van der Waals surface area contributed by atoms with Crippen molar-refractivity contribution in [2.24, 2.45) is 0 Å². The van der Waals surface area contributed by atoms with Crippen LogP contribution >= 0.6 is 0 Å². The maximum Gasteiger partial charge on any atom is 0.0593 e. The number of nitrogens with zero attached hydrogens (tertiary/aromatic N) is 1. The van der Waals surface area contributed by atoms with E-state index < -0.39 is 0 Å². The highest BCUT2D eigenvalue weighted by atomic mass is 16.5. The molecule has 0 amide bonds. The Labute approximate surface area is 123 Å². The van der Waals surface area contributed by atoms with Crippen molar-refractivity contribution in [3.63, 3.8) is 0 Å². The van der Waals surface area contributed by atoms with E-state index in [1.54, 1.807) is 0 Å². The van der Waals surface area contributed by atoms with Gasteiger partial charge in [-0.05, 0) is 43.5 Å². The molecule has 1 aliphatic heterocycles. The van der Waals surface area contributed by atoms with E-state index in [0.29, 0.717) is 6.04 Å². The van der Waals surface area contributed by atoms with Crippen LogP contribution in [0.4, 0.5) is 0 Å². The van der Waals surface area contributed by atoms with Crippen molar-refractivity contribution in [3.05, 3.63) is 34.9 Å². The Bertz CT molecular complexity index is 411. The van der Waals surface area contributed by atoms with Crippen LogP contribution in [0.3, 0.4) is 0 Å². The Balaban J connectivity index is 2.06. The van der Waals surface area contributed by atoms with Crippen LogP contribution in [0.25, 0.3) is 0 Å². The van der Waals surface area contributed by atoms with Gasteiger partial charge < -0.3 is 10.1 Å². The molecule has 3 nitrogen and oxygen atoms in total. The van der Waals surface area contributed by atoms with Gasteiger partial charge >= 0.3 is 0 Å². The Morgan fingerprint density at radius 3 is 2.80 bits per heavy atom. The lowest BCUT2D eigenvalue weighted by molar-refractivity contribution is 0.139. The van der Waals surface area contributed by atoms with E-state index in [1.165, 1.54) is 16.7 Å². The third kappa shape index (κ3) is 4.30. The third-order valence-electron chi connectivity index (χ3n) is 4.14. The van der Waals surface area contributed by atoms with E-state index in [-0.39, 0.29) is 0 Å². The van der Waals surface area contributed by atoms with E-state index >= 15 is 0 Å². The average Bonchev–Trinajstić information content (AvgIpc) is 2.70. The zero-order valence-corrected chi connectivity index (χ0v) is 13.1. The highest BCUT2D eigenvalue weighted by molar-refractivity contribution is 5.31. The summed E-state index contributed by atoms with van der Waals surface area (Å²) < 4.78 is 5.54. The molecule has 1 aliphatic rings. The summed E-state index contributed by atoms with van der Waals surface area (Å²) in [6.45, 7) is 12.6. The summed E-state index contributed by atoms with van der Waals surface area (Å²) >= 11 is 0. The van der Waals surface area contributed by atoms with Gasteiger partial charge in [-0.25, -0.2) is 0 Å². The van der Waals surface area contributed by atoms with Gasteiger partial charge in [0.1, 0.15) is 0 Å². The molecule has 2 rings (SSSR count). The number of hydrogen-bond acceptors (Lipinski definition) is 3. The molecule has 3 heteroatoms. The Morgan fingerprint density at radius 2 is 2.05 bits per heavy atom. The summed E-state index contributed by atoms with van der Waals surface area (Å²) in [5, 5.41) is 3.63. The molecule has 112 valence electrons. The SMILES string of the molecule is CCNC(CN1CCCOCC1)c1ccc(C)c(C)c1. The highest BCUT2D eigenvalue weighted by Gasteiger charge is 2.17. The standard InChI is InChI=1S/C17H28N2O/c1-4-18-17(13-19-8-5-10-20-11-9-19)16-7-6-14(2)15(3)12-16/h6-7,12,17-18H,4-5,8-11,13H2,1-3H3. The first kappa shape index (κ1) is 15.5. The molecule has 20 heavy (non-hydrogen) atoms. The number of benzene rings is 1. The van der Waals surface area contributed by atoms with Gasteiger partial charge in [-0.2, -0.15) is 0 Å². The van der Waals surface area contributed by atoms with Crippen LogP contribution < -0.4 is 5.32 Å². The lowest BCUT2D eigenvalue weighted by atomic mass is 10.0. The predicted octanol–water partition coefficient (Wildman–Crippen LogP) is 2.68. The van der Waals surface area contributed by atoms with E-state index in [4.69, 9.17) is 4.74 Å². The number of aryl methyl sites for hydroxylation is 2. The van der Waals surface area contributed by atoms with Gasteiger partial charge in [0.05, 0.1) is 6.61 Å². The summed E-state index contributed by atoms with van der Waals surface area (Å²) in [7, 11) is 0. The van der Waals surface area contributed by atoms with Crippen LogP contribution in [-0.4, -0.2) is 44.3 Å². The topological polar surface area (TPSA) is 24.5 Å². The maximum atomic E-state index is 5.54. The van der Waals surface area contributed by atoms with Gasteiger partial charge in [0.25, 0.3) is 0 Å². The quantitative estimate of drug-likeness (QED) is 0.895. The first-order chi connectivity index (χ1) is 9.70. The first-order valence-corrected chi connectivity index (χ1v) is 7.81. The number of hydrogen-bond donors (Lipinski definition) is 1. The molecule has 1 aromatic carbocycles. The van der Waals surface area contributed by atoms with Crippen LogP contribution in [-0.2, 0) is 4.74 Å². The van der Waals surface area contributed by atoms with Gasteiger partial charge in [-0.15, -0.1) is 0 Å². The fraction of sp³-hybridized carbons (Fsp3) is 0.647. The van der Waals surface area contributed by atoms with Crippen molar-refractivity contribution >= 4 is 0 Å². The van der Waals surface area contributed by atoms with Gasteiger partial charge in [0.15, 0.2) is 0 Å².